The molecule has 5 rings (SSSR count). The molecule has 1 aromatic heterocycles. The van der Waals surface area contributed by atoms with Gasteiger partial charge < -0.3 is 20.4 Å². The highest BCUT2D eigenvalue weighted by atomic mass is 19.4. The number of aromatic nitrogens is 2. The van der Waals surface area contributed by atoms with Crippen molar-refractivity contribution in [2.45, 2.75) is 43.0 Å². The van der Waals surface area contributed by atoms with Crippen molar-refractivity contribution >= 4 is 17.1 Å². The lowest BCUT2D eigenvalue weighted by molar-refractivity contribution is -0.137. The summed E-state index contributed by atoms with van der Waals surface area (Å²) in [5.74, 6) is 0.156. The molecule has 1 aromatic carbocycles. The lowest BCUT2D eigenvalue weighted by Crippen LogP contribution is -2.47. The van der Waals surface area contributed by atoms with Gasteiger partial charge in [-0.25, -0.2) is 9.78 Å². The second-order valence-electron chi connectivity index (χ2n) is 10.1. The molecule has 3 aliphatic rings. The number of nitrogens with one attached hydrogen (secondary N) is 1. The van der Waals surface area contributed by atoms with Crippen LogP contribution in [0.5, 0.6) is 0 Å². The number of piperidine rings is 1. The van der Waals surface area contributed by atoms with E-state index in [0.29, 0.717) is 61.3 Å². The van der Waals surface area contributed by atoms with Crippen molar-refractivity contribution in [2.75, 3.05) is 26.2 Å². The summed E-state index contributed by atoms with van der Waals surface area (Å²) in [6.07, 6.45) is 6.30. The largest absolute Gasteiger partial charge is 0.441 e. The van der Waals surface area contributed by atoms with Crippen molar-refractivity contribution in [3.63, 3.8) is 0 Å². The van der Waals surface area contributed by atoms with E-state index in [1.165, 1.54) is 6.07 Å². The Kier molecular flexibility index (Phi) is 6.99. The third-order valence-corrected chi connectivity index (χ3v) is 7.64. The zero-order chi connectivity index (χ0) is 27.8. The number of carbonyl (C=O) groups excluding carboxylic acids is 1. The number of hydrogen-bond donors (Lipinski definition) is 2. The number of ether oxygens (including phenoxy) is 1. The number of imidazole rings is 1. The Morgan fingerprint density at radius 2 is 2.15 bits per heavy atom. The zero-order valence-electron chi connectivity index (χ0n) is 21.2. The van der Waals surface area contributed by atoms with Crippen LogP contribution in [0.3, 0.4) is 0 Å². The van der Waals surface area contributed by atoms with Crippen LogP contribution in [0, 0.1) is 11.3 Å². The molecule has 2 aromatic rings. The van der Waals surface area contributed by atoms with Gasteiger partial charge in [-0.3, -0.25) is 4.90 Å². The van der Waals surface area contributed by atoms with Crippen molar-refractivity contribution in [2.24, 2.45) is 5.73 Å². The summed E-state index contributed by atoms with van der Waals surface area (Å²) >= 11 is 0. The van der Waals surface area contributed by atoms with Crippen molar-refractivity contribution in [1.29, 1.82) is 5.26 Å². The van der Waals surface area contributed by atoms with Gasteiger partial charge in [0, 0.05) is 49.7 Å². The number of halogens is 3. The van der Waals surface area contributed by atoms with Crippen LogP contribution < -0.4 is 5.73 Å². The molecule has 2 aliphatic heterocycles. The first-order valence-electron chi connectivity index (χ1n) is 12.8. The predicted octanol–water partition coefficient (Wildman–Crippen LogP) is 4.76. The summed E-state index contributed by atoms with van der Waals surface area (Å²) in [5, 5.41) is 9.03. The van der Waals surface area contributed by atoms with E-state index in [4.69, 9.17) is 15.7 Å². The van der Waals surface area contributed by atoms with E-state index in [2.05, 4.69) is 27.5 Å². The second kappa shape index (κ2) is 10.3. The molecular formula is C28H29F3N6O2. The number of fused-ring (bicyclic) bond motifs is 1. The number of benzene rings is 1. The Balaban J connectivity index is 1.19. The van der Waals surface area contributed by atoms with Crippen molar-refractivity contribution in [3.05, 3.63) is 77.8 Å². The van der Waals surface area contributed by atoms with E-state index in [9.17, 15) is 18.0 Å². The maximum atomic E-state index is 13.1. The van der Waals surface area contributed by atoms with Gasteiger partial charge in [0.05, 0.1) is 35.3 Å². The quantitative estimate of drug-likeness (QED) is 0.513. The molecule has 1 amide bonds. The highest BCUT2D eigenvalue weighted by Gasteiger charge is 2.48. The molecule has 0 bridgehead atoms. The molecule has 2 unspecified atom stereocenters. The van der Waals surface area contributed by atoms with Crippen LogP contribution in [0.2, 0.25) is 0 Å². The molecular weight excluding hydrogens is 509 g/mol. The number of hydrogen-bond acceptors (Lipinski definition) is 6. The van der Waals surface area contributed by atoms with E-state index in [-0.39, 0.29) is 24.6 Å². The first kappa shape index (κ1) is 26.6. The fraction of sp³-hybridized carbons (Fsp3) is 0.393. The first-order chi connectivity index (χ1) is 18.6. The summed E-state index contributed by atoms with van der Waals surface area (Å²) in [4.78, 5) is 23.9. The van der Waals surface area contributed by atoms with Crippen LogP contribution in [0.4, 0.5) is 18.0 Å². The molecule has 3 heterocycles. The zero-order valence-corrected chi connectivity index (χ0v) is 21.2. The van der Waals surface area contributed by atoms with Crippen LogP contribution in [-0.4, -0.2) is 63.7 Å². The molecule has 1 aliphatic carbocycles. The van der Waals surface area contributed by atoms with Gasteiger partial charge in [0.25, 0.3) is 0 Å². The summed E-state index contributed by atoms with van der Waals surface area (Å²) in [6.45, 7) is 6.20. The van der Waals surface area contributed by atoms with Gasteiger partial charge in [-0.15, -0.1) is 0 Å². The van der Waals surface area contributed by atoms with Gasteiger partial charge >= 0.3 is 12.3 Å². The SMILES string of the molecule is C=C(/C=C\C(CN)c1nc2ccc(C(F)(F)F)cc2[nH]1)N1CCC2(CC1)CN(C1C=CC(C#N)=CC1)C(=O)O2. The predicted molar refractivity (Wildman–Crippen MR) is 139 cm³/mol. The molecule has 2 fully saturated rings. The number of carbonyl (C=O) groups is 1. The number of rotatable bonds is 6. The number of allylic oxidation sites excluding steroid dienone is 3. The van der Waals surface area contributed by atoms with Gasteiger partial charge in [-0.05, 0) is 36.8 Å². The van der Waals surface area contributed by atoms with E-state index >= 15 is 0 Å². The smallest absolute Gasteiger partial charge is 0.416 e. The Bertz CT molecular complexity index is 1410. The van der Waals surface area contributed by atoms with Crippen LogP contribution >= 0.6 is 0 Å². The molecule has 3 N–H and O–H groups in total. The third-order valence-electron chi connectivity index (χ3n) is 7.64. The minimum atomic E-state index is -4.43. The summed E-state index contributed by atoms with van der Waals surface area (Å²) in [7, 11) is 0. The number of nitrogens with two attached hydrogens (primary N) is 1. The molecule has 0 radical (unpaired) electrons. The summed E-state index contributed by atoms with van der Waals surface area (Å²) < 4.78 is 45.0. The number of nitrogens with zero attached hydrogens (tertiary/aromatic N) is 4. The van der Waals surface area contributed by atoms with Crippen LogP contribution in [0.25, 0.3) is 11.0 Å². The van der Waals surface area contributed by atoms with Crippen molar-refractivity contribution in [1.82, 2.24) is 19.8 Å². The van der Waals surface area contributed by atoms with Gasteiger partial charge in [-0.1, -0.05) is 24.8 Å². The maximum absolute atomic E-state index is 13.1. The summed E-state index contributed by atoms with van der Waals surface area (Å²) in [5.41, 5.74) is 6.78. The minimum Gasteiger partial charge on any atom is -0.441 e. The van der Waals surface area contributed by atoms with Crippen LogP contribution in [-0.2, 0) is 10.9 Å². The molecule has 11 heteroatoms. The Hall–Kier alpha value is -4.04. The standard InChI is InChI=1S/C28H29F3N6O2/c1-18(2-5-20(16-33)25-34-23-9-6-21(28(29,30)31)14-24(23)35-25)36-12-10-27(11-13-36)17-37(26(38)39-27)22-7-3-19(15-32)4-8-22/h2-7,9,14,20,22H,1,8,10-13,16-17,33H2,(H,34,35)/b5-2-. The number of likely N-dealkylation sites (tertiary alicyclic amines) is 1. The lowest BCUT2D eigenvalue weighted by Gasteiger charge is -2.39. The molecule has 1 spiro atoms. The lowest BCUT2D eigenvalue weighted by atomic mass is 9.90. The maximum Gasteiger partial charge on any atom is 0.416 e. The fourth-order valence-corrected chi connectivity index (χ4v) is 5.28. The average molecular weight is 539 g/mol. The van der Waals surface area contributed by atoms with Crippen molar-refractivity contribution < 1.29 is 22.7 Å². The highest BCUT2D eigenvalue weighted by Crippen LogP contribution is 2.36. The second-order valence-corrected chi connectivity index (χ2v) is 10.1. The number of aromatic amines is 1. The van der Waals surface area contributed by atoms with E-state index < -0.39 is 17.3 Å². The Labute approximate surface area is 223 Å². The Morgan fingerprint density at radius 1 is 1.38 bits per heavy atom. The monoisotopic (exact) mass is 538 g/mol. The molecule has 2 atom stereocenters. The van der Waals surface area contributed by atoms with Gasteiger partial charge in [-0.2, -0.15) is 18.4 Å². The molecule has 204 valence electrons. The van der Waals surface area contributed by atoms with Crippen LogP contribution in [0.15, 0.2) is 66.4 Å². The van der Waals surface area contributed by atoms with E-state index in [1.807, 2.05) is 24.3 Å². The number of alkyl halides is 3. The molecule has 0 saturated carbocycles. The minimum absolute atomic E-state index is 0.114. The molecule has 39 heavy (non-hydrogen) atoms. The van der Waals surface area contributed by atoms with Crippen molar-refractivity contribution in [3.8, 4) is 6.07 Å². The number of amides is 1. The number of H-pyrrole nitrogens is 1. The Morgan fingerprint density at radius 3 is 2.79 bits per heavy atom. The first-order valence-corrected chi connectivity index (χ1v) is 12.8. The number of nitriles is 1. The molecule has 8 nitrogen and oxygen atoms in total. The third kappa shape index (κ3) is 5.43. The van der Waals surface area contributed by atoms with Gasteiger partial charge in [0.1, 0.15) is 11.4 Å². The fourth-order valence-electron chi connectivity index (χ4n) is 5.28. The molecule has 2 saturated heterocycles. The van der Waals surface area contributed by atoms with E-state index in [0.717, 1.165) is 17.8 Å². The topological polar surface area (TPSA) is 111 Å². The highest BCUT2D eigenvalue weighted by molar-refractivity contribution is 5.76. The van der Waals surface area contributed by atoms with E-state index in [1.54, 1.807) is 11.0 Å². The van der Waals surface area contributed by atoms with Gasteiger partial charge in [0.2, 0.25) is 0 Å². The summed E-state index contributed by atoms with van der Waals surface area (Å²) in [6, 6.07) is 5.41. The van der Waals surface area contributed by atoms with Gasteiger partial charge in [0.15, 0.2) is 0 Å². The average Bonchev–Trinajstić information content (AvgIpc) is 3.49. The van der Waals surface area contributed by atoms with Crippen LogP contribution in [0.1, 0.15) is 36.6 Å². The normalized spacial score (nSPS) is 21.9.